The van der Waals surface area contributed by atoms with Gasteiger partial charge in [-0.25, -0.2) is 4.79 Å². The van der Waals surface area contributed by atoms with E-state index in [2.05, 4.69) is 11.4 Å². The van der Waals surface area contributed by atoms with Gasteiger partial charge in [0.1, 0.15) is 11.3 Å². The van der Waals surface area contributed by atoms with Crippen LogP contribution in [0.1, 0.15) is 57.4 Å². The molecule has 3 aliphatic rings. The van der Waals surface area contributed by atoms with E-state index in [0.29, 0.717) is 32.5 Å². The van der Waals surface area contributed by atoms with E-state index in [-0.39, 0.29) is 23.8 Å². The molecule has 2 saturated heterocycles. The second-order valence-corrected chi connectivity index (χ2v) is 9.63. The number of likely N-dealkylation sites (tertiary alicyclic amines) is 1. The third-order valence-corrected chi connectivity index (χ3v) is 7.51. The second-order valence-electron chi connectivity index (χ2n) is 9.63. The highest BCUT2D eigenvalue weighted by molar-refractivity contribution is 6.07. The van der Waals surface area contributed by atoms with Crippen molar-refractivity contribution in [2.24, 2.45) is 5.92 Å². The summed E-state index contributed by atoms with van der Waals surface area (Å²) in [5, 5.41) is 2.97. The van der Waals surface area contributed by atoms with Crippen molar-refractivity contribution in [2.45, 2.75) is 63.8 Å². The van der Waals surface area contributed by atoms with Crippen LogP contribution >= 0.6 is 0 Å². The molecule has 2 heterocycles. The zero-order chi connectivity index (χ0) is 23.4. The van der Waals surface area contributed by atoms with Crippen molar-refractivity contribution in [1.29, 1.82) is 0 Å². The number of rotatable bonds is 7. The molecule has 2 fully saturated rings. The molecular formula is C26H35N3O4. The van der Waals surface area contributed by atoms with Gasteiger partial charge in [0.25, 0.3) is 5.91 Å². The maximum absolute atomic E-state index is 13.3. The molecule has 1 aromatic rings. The van der Waals surface area contributed by atoms with Crippen molar-refractivity contribution in [3.63, 3.8) is 0 Å². The summed E-state index contributed by atoms with van der Waals surface area (Å²) < 4.78 is 5.18. The first-order chi connectivity index (χ1) is 15.9. The lowest BCUT2D eigenvalue weighted by atomic mass is 9.78. The van der Waals surface area contributed by atoms with Crippen molar-refractivity contribution in [3.8, 4) is 5.75 Å². The third-order valence-electron chi connectivity index (χ3n) is 7.51. The molecule has 0 radical (unpaired) electrons. The normalized spacial score (nSPS) is 24.0. The average Bonchev–Trinajstić information content (AvgIpc) is 3.07. The Morgan fingerprint density at radius 3 is 2.52 bits per heavy atom. The highest BCUT2D eigenvalue weighted by Gasteiger charge is 2.52. The summed E-state index contributed by atoms with van der Waals surface area (Å²) in [6.07, 6.45) is 9.31. The van der Waals surface area contributed by atoms with Gasteiger partial charge in [0, 0.05) is 26.1 Å². The van der Waals surface area contributed by atoms with E-state index in [4.69, 9.17) is 4.74 Å². The quantitative estimate of drug-likeness (QED) is 0.505. The van der Waals surface area contributed by atoms with Gasteiger partial charge in [0.15, 0.2) is 0 Å². The minimum Gasteiger partial charge on any atom is -0.497 e. The Hall–Kier alpha value is -2.83. The van der Waals surface area contributed by atoms with Crippen molar-refractivity contribution in [2.75, 3.05) is 26.7 Å². The van der Waals surface area contributed by atoms with E-state index in [1.807, 2.05) is 36.1 Å². The minimum atomic E-state index is -0.905. The Labute approximate surface area is 196 Å². The summed E-state index contributed by atoms with van der Waals surface area (Å²) in [5.74, 6) is 0.840. The van der Waals surface area contributed by atoms with Crippen LogP contribution in [0, 0.1) is 5.92 Å². The van der Waals surface area contributed by atoms with Crippen molar-refractivity contribution >= 4 is 17.8 Å². The highest BCUT2D eigenvalue weighted by Crippen LogP contribution is 2.34. The summed E-state index contributed by atoms with van der Waals surface area (Å²) in [6, 6.07) is 7.34. The number of hydrogen-bond donors (Lipinski definition) is 1. The molecule has 33 heavy (non-hydrogen) atoms. The first-order valence-electron chi connectivity index (χ1n) is 12.1. The molecule has 0 unspecified atom stereocenters. The van der Waals surface area contributed by atoms with Crippen LogP contribution in [0.2, 0.25) is 0 Å². The minimum absolute atomic E-state index is 0.0258. The molecule has 0 saturated carbocycles. The fourth-order valence-corrected chi connectivity index (χ4v) is 5.31. The second kappa shape index (κ2) is 9.98. The van der Waals surface area contributed by atoms with E-state index < -0.39 is 5.54 Å². The molecule has 1 aromatic carbocycles. The van der Waals surface area contributed by atoms with E-state index in [1.54, 1.807) is 7.11 Å². The van der Waals surface area contributed by atoms with Crippen molar-refractivity contribution < 1.29 is 19.1 Å². The molecule has 2 aliphatic heterocycles. The number of piperidine rings is 1. The molecular weight excluding hydrogens is 418 g/mol. The van der Waals surface area contributed by atoms with Gasteiger partial charge in [-0.3, -0.25) is 14.5 Å². The first-order valence-corrected chi connectivity index (χ1v) is 12.1. The lowest BCUT2D eigenvalue weighted by Gasteiger charge is -2.39. The Bertz CT molecular complexity index is 918. The molecule has 0 spiro atoms. The first kappa shape index (κ1) is 23.3. The highest BCUT2D eigenvalue weighted by atomic mass is 16.5. The summed E-state index contributed by atoms with van der Waals surface area (Å²) in [6.45, 7) is 3.47. The van der Waals surface area contributed by atoms with Gasteiger partial charge in [-0.2, -0.15) is 0 Å². The van der Waals surface area contributed by atoms with E-state index in [9.17, 15) is 14.4 Å². The van der Waals surface area contributed by atoms with Crippen LogP contribution in [0.4, 0.5) is 4.79 Å². The van der Waals surface area contributed by atoms with Crippen LogP contribution in [0.5, 0.6) is 5.75 Å². The summed E-state index contributed by atoms with van der Waals surface area (Å²) in [4.78, 5) is 41.9. The van der Waals surface area contributed by atoms with Crippen molar-refractivity contribution in [1.82, 2.24) is 15.1 Å². The number of nitrogens with zero attached hydrogens (tertiary/aromatic N) is 2. The number of ether oxygens (including phenoxy) is 1. The predicted molar refractivity (Wildman–Crippen MR) is 126 cm³/mol. The number of nitrogens with one attached hydrogen (secondary N) is 1. The molecule has 0 aromatic heterocycles. The lowest BCUT2D eigenvalue weighted by molar-refractivity contribution is -0.135. The van der Waals surface area contributed by atoms with Gasteiger partial charge in [0.2, 0.25) is 5.91 Å². The van der Waals surface area contributed by atoms with Crippen LogP contribution in [0.3, 0.4) is 0 Å². The molecule has 1 N–H and O–H groups in total. The van der Waals surface area contributed by atoms with Crippen LogP contribution in [-0.4, -0.2) is 59.9 Å². The zero-order valence-corrected chi connectivity index (χ0v) is 19.8. The molecule has 7 nitrogen and oxygen atoms in total. The van der Waals surface area contributed by atoms with E-state index in [0.717, 1.165) is 37.0 Å². The summed E-state index contributed by atoms with van der Waals surface area (Å²) in [7, 11) is 1.62. The Kier molecular flexibility index (Phi) is 7.05. The molecule has 4 amide bonds. The standard InChI is InChI=1S/C26H35N3O4/c1-26(21-13-15-28(16-14-21)23(30)18-20-6-4-3-5-7-20)24(31)29(25(32)27-26)17-12-19-8-10-22(33-2)11-9-19/h6,8-11,21H,3-5,7,12-18H2,1-2H3,(H,27,32)/t26-/m0/s1. The molecule has 178 valence electrons. The molecule has 0 bridgehead atoms. The molecule has 1 atom stereocenters. The van der Waals surface area contributed by atoms with Crippen LogP contribution < -0.4 is 10.1 Å². The van der Waals surface area contributed by atoms with Gasteiger partial charge < -0.3 is 15.0 Å². The number of benzene rings is 1. The smallest absolute Gasteiger partial charge is 0.325 e. The fraction of sp³-hybridized carbons (Fsp3) is 0.577. The monoisotopic (exact) mass is 453 g/mol. The predicted octanol–water partition coefficient (Wildman–Crippen LogP) is 3.68. The molecule has 7 heteroatoms. The number of hydrogen-bond acceptors (Lipinski definition) is 4. The number of allylic oxidation sites excluding steroid dienone is 1. The van der Waals surface area contributed by atoms with Crippen LogP contribution in [-0.2, 0) is 16.0 Å². The fourth-order valence-electron chi connectivity index (χ4n) is 5.31. The number of amides is 4. The zero-order valence-electron chi connectivity index (χ0n) is 19.8. The summed E-state index contributed by atoms with van der Waals surface area (Å²) in [5.41, 5.74) is 1.41. The van der Waals surface area contributed by atoms with Crippen LogP contribution in [0.15, 0.2) is 35.9 Å². The summed E-state index contributed by atoms with van der Waals surface area (Å²) >= 11 is 0. The largest absolute Gasteiger partial charge is 0.497 e. The van der Waals surface area contributed by atoms with Gasteiger partial charge in [-0.15, -0.1) is 0 Å². The SMILES string of the molecule is COc1ccc(CCN2C(=O)N[C@@](C)(C3CCN(C(=O)CC4=CCCCC4)CC3)C2=O)cc1. The third kappa shape index (κ3) is 5.07. The molecule has 1 aliphatic carbocycles. The number of methoxy groups -OCH3 is 1. The maximum Gasteiger partial charge on any atom is 0.325 e. The van der Waals surface area contributed by atoms with Crippen LogP contribution in [0.25, 0.3) is 0 Å². The number of carbonyl (C=O) groups excluding carboxylic acids is 3. The topological polar surface area (TPSA) is 79.0 Å². The van der Waals surface area contributed by atoms with Gasteiger partial charge in [0.05, 0.1) is 7.11 Å². The van der Waals surface area contributed by atoms with Gasteiger partial charge in [-0.05, 0) is 75.5 Å². The van der Waals surface area contributed by atoms with Gasteiger partial charge in [-0.1, -0.05) is 23.8 Å². The Morgan fingerprint density at radius 1 is 1.15 bits per heavy atom. The maximum atomic E-state index is 13.3. The number of carbonyl (C=O) groups is 3. The van der Waals surface area contributed by atoms with E-state index >= 15 is 0 Å². The Balaban J connectivity index is 1.31. The number of urea groups is 1. The Morgan fingerprint density at radius 2 is 1.88 bits per heavy atom. The van der Waals surface area contributed by atoms with Gasteiger partial charge >= 0.3 is 6.03 Å². The van der Waals surface area contributed by atoms with Crippen molar-refractivity contribution in [3.05, 3.63) is 41.5 Å². The molecule has 4 rings (SSSR count). The average molecular weight is 454 g/mol. The van der Waals surface area contributed by atoms with E-state index in [1.165, 1.54) is 23.3 Å². The number of imide groups is 1. The lowest BCUT2D eigenvalue weighted by Crippen LogP contribution is -2.54.